The summed E-state index contributed by atoms with van der Waals surface area (Å²) in [5.74, 6) is -4.34. The van der Waals surface area contributed by atoms with Gasteiger partial charge in [-0.2, -0.15) is 0 Å². The van der Waals surface area contributed by atoms with Gasteiger partial charge in [0.15, 0.2) is 5.60 Å². The second-order valence-corrected chi connectivity index (χ2v) is 9.53. The van der Waals surface area contributed by atoms with E-state index in [-0.39, 0.29) is 17.5 Å². The molecular formula is C22H37NO9. The van der Waals surface area contributed by atoms with E-state index in [0.29, 0.717) is 12.0 Å². The van der Waals surface area contributed by atoms with Crippen LogP contribution in [0.2, 0.25) is 0 Å². The van der Waals surface area contributed by atoms with Gasteiger partial charge in [0.05, 0.1) is 19.4 Å². The Hall–Kier alpha value is -2.20. The number of esters is 1. The van der Waals surface area contributed by atoms with Crippen molar-refractivity contribution in [2.75, 3.05) is 19.6 Å². The summed E-state index contributed by atoms with van der Waals surface area (Å²) in [6, 6.07) is 0. The van der Waals surface area contributed by atoms with Crippen molar-refractivity contribution in [3.8, 4) is 0 Å². The zero-order valence-corrected chi connectivity index (χ0v) is 19.6. The molecule has 0 aromatic rings. The van der Waals surface area contributed by atoms with Crippen LogP contribution in [-0.4, -0.2) is 80.5 Å². The van der Waals surface area contributed by atoms with Crippen LogP contribution < -0.4 is 0 Å². The highest BCUT2D eigenvalue weighted by Crippen LogP contribution is 2.66. The molecule has 0 amide bonds. The number of fused-ring (bicyclic) bond motifs is 2. The van der Waals surface area contributed by atoms with E-state index in [4.69, 9.17) is 25.2 Å². The van der Waals surface area contributed by atoms with Crippen molar-refractivity contribution in [3.63, 3.8) is 0 Å². The number of nitrogens with zero attached hydrogens (tertiary/aromatic N) is 1. The number of rotatable bonds is 10. The molecular weight excluding hydrogens is 422 g/mol. The lowest BCUT2D eigenvalue weighted by atomic mass is 9.70. The van der Waals surface area contributed by atoms with E-state index < -0.39 is 36.4 Å². The molecule has 0 spiro atoms. The minimum Gasteiger partial charge on any atom is -0.481 e. The van der Waals surface area contributed by atoms with Gasteiger partial charge in [0.2, 0.25) is 0 Å². The number of carboxylic acid groups (broad SMARTS) is 3. The summed E-state index contributed by atoms with van der Waals surface area (Å²) < 4.78 is 5.84. The number of carbonyl (C=O) groups excluding carboxylic acids is 1. The molecule has 10 heteroatoms. The van der Waals surface area contributed by atoms with Crippen molar-refractivity contribution in [2.24, 2.45) is 16.7 Å². The third-order valence-corrected chi connectivity index (χ3v) is 7.52. The van der Waals surface area contributed by atoms with Gasteiger partial charge in [-0.05, 0) is 43.7 Å². The van der Waals surface area contributed by atoms with Gasteiger partial charge in [-0.1, -0.05) is 34.6 Å². The fraction of sp³-hybridized carbons (Fsp3) is 0.818. The summed E-state index contributed by atoms with van der Waals surface area (Å²) in [5.41, 5.74) is -2.25. The number of carbonyl (C=O) groups is 4. The van der Waals surface area contributed by atoms with Crippen molar-refractivity contribution in [1.29, 1.82) is 0 Å². The third kappa shape index (κ3) is 6.19. The smallest absolute Gasteiger partial charge is 0.336 e. The Labute approximate surface area is 188 Å². The molecule has 2 bridgehead atoms. The first kappa shape index (κ1) is 27.8. The molecule has 0 aromatic heterocycles. The summed E-state index contributed by atoms with van der Waals surface area (Å²) >= 11 is 0. The molecule has 2 rings (SSSR count). The van der Waals surface area contributed by atoms with E-state index in [2.05, 4.69) is 39.5 Å². The van der Waals surface area contributed by atoms with E-state index in [1.807, 2.05) is 0 Å². The lowest BCUT2D eigenvalue weighted by Crippen LogP contribution is -2.42. The van der Waals surface area contributed by atoms with E-state index >= 15 is 0 Å². The Bertz CT molecular complexity index is 700. The zero-order valence-electron chi connectivity index (χ0n) is 19.6. The predicted molar refractivity (Wildman–Crippen MR) is 114 cm³/mol. The number of carboxylic acids is 3. The monoisotopic (exact) mass is 459 g/mol. The zero-order chi connectivity index (χ0) is 24.9. The molecule has 184 valence electrons. The van der Waals surface area contributed by atoms with Crippen LogP contribution in [0, 0.1) is 16.7 Å². The maximum atomic E-state index is 12.1. The average molecular weight is 460 g/mol. The van der Waals surface area contributed by atoms with Crippen LogP contribution in [0.5, 0.6) is 0 Å². The first-order chi connectivity index (χ1) is 14.6. The van der Waals surface area contributed by atoms with Gasteiger partial charge in [0.1, 0.15) is 6.10 Å². The van der Waals surface area contributed by atoms with Crippen molar-refractivity contribution in [3.05, 3.63) is 0 Å². The minimum atomic E-state index is -2.74. The fourth-order valence-electron chi connectivity index (χ4n) is 4.85. The lowest BCUT2D eigenvalue weighted by molar-refractivity contribution is -0.170. The Kier molecular flexibility index (Phi) is 9.23. The quantitative estimate of drug-likeness (QED) is 0.355. The summed E-state index contributed by atoms with van der Waals surface area (Å²) in [6.45, 7) is 13.4. The van der Waals surface area contributed by atoms with E-state index in [9.17, 15) is 19.2 Å². The number of likely N-dealkylation sites (N-methyl/N-ethyl adjacent to an activating group) is 1. The summed E-state index contributed by atoms with van der Waals surface area (Å²) in [4.78, 5) is 44.7. The normalized spacial score (nSPS) is 25.7. The number of ether oxygens (including phenoxy) is 1. The molecule has 3 unspecified atom stereocenters. The largest absolute Gasteiger partial charge is 0.481 e. The van der Waals surface area contributed by atoms with Crippen LogP contribution in [0.1, 0.15) is 66.7 Å². The van der Waals surface area contributed by atoms with Crippen molar-refractivity contribution in [1.82, 2.24) is 4.90 Å². The molecule has 0 radical (unpaired) electrons. The molecule has 2 aliphatic rings. The first-order valence-corrected chi connectivity index (χ1v) is 10.9. The molecule has 0 saturated heterocycles. The lowest BCUT2D eigenvalue weighted by Gasteiger charge is -2.38. The van der Waals surface area contributed by atoms with Gasteiger partial charge >= 0.3 is 23.9 Å². The fourth-order valence-corrected chi connectivity index (χ4v) is 4.85. The maximum absolute atomic E-state index is 12.1. The van der Waals surface area contributed by atoms with Crippen LogP contribution in [-0.2, 0) is 23.9 Å². The van der Waals surface area contributed by atoms with Crippen LogP contribution in [0.4, 0.5) is 0 Å². The van der Waals surface area contributed by atoms with Crippen LogP contribution >= 0.6 is 0 Å². The van der Waals surface area contributed by atoms with Crippen molar-refractivity contribution >= 4 is 23.9 Å². The molecule has 2 fully saturated rings. The summed E-state index contributed by atoms with van der Waals surface area (Å²) in [5, 5.41) is 33.8. The highest BCUT2D eigenvalue weighted by atomic mass is 16.5. The van der Waals surface area contributed by atoms with Crippen LogP contribution in [0.3, 0.4) is 0 Å². The first-order valence-electron chi connectivity index (χ1n) is 10.9. The maximum Gasteiger partial charge on any atom is 0.336 e. The van der Waals surface area contributed by atoms with Gasteiger partial charge in [0, 0.05) is 5.41 Å². The molecule has 0 heterocycles. The Balaban J connectivity index is 0.000000347. The van der Waals surface area contributed by atoms with Crippen LogP contribution in [0.15, 0.2) is 0 Å². The topological polar surface area (TPSA) is 162 Å². The highest BCUT2D eigenvalue weighted by molar-refractivity contribution is 5.88. The average Bonchev–Trinajstić information content (AvgIpc) is 2.98. The van der Waals surface area contributed by atoms with Gasteiger partial charge in [-0.3, -0.25) is 19.3 Å². The van der Waals surface area contributed by atoms with Gasteiger partial charge in [-0.15, -0.1) is 0 Å². The predicted octanol–water partition coefficient (Wildman–Crippen LogP) is 1.84. The summed E-state index contributed by atoms with van der Waals surface area (Å²) in [6.07, 6.45) is 1.41. The Morgan fingerprint density at radius 3 is 1.81 bits per heavy atom. The number of hydrogen-bond donors (Lipinski definition) is 4. The molecule has 4 N–H and O–H groups in total. The molecule has 2 aliphatic carbocycles. The minimum absolute atomic E-state index is 0.0433. The number of hydrogen-bond acceptors (Lipinski definition) is 7. The molecule has 32 heavy (non-hydrogen) atoms. The molecule has 2 saturated carbocycles. The van der Waals surface area contributed by atoms with Gasteiger partial charge in [-0.25, -0.2) is 4.79 Å². The van der Waals surface area contributed by atoms with Crippen molar-refractivity contribution in [2.45, 2.75) is 78.4 Å². The molecule has 3 atom stereocenters. The standard InChI is InChI=1S/C16H29NO2.C6H8O7/c1-6-17(7-2)11-14(18)19-13-10-12-8-9-16(13,5)15(12,3)4;7-3(8)1-6(13,5(11)12)2-4(9)10/h12-13H,6-11H2,1-5H3;13H,1-2H2,(H,7,8)(H,9,10)(H,11,12). The second kappa shape index (κ2) is 10.6. The van der Waals surface area contributed by atoms with Gasteiger partial charge < -0.3 is 25.2 Å². The molecule has 0 aliphatic heterocycles. The Morgan fingerprint density at radius 2 is 1.50 bits per heavy atom. The van der Waals surface area contributed by atoms with Gasteiger partial charge in [0.25, 0.3) is 0 Å². The van der Waals surface area contributed by atoms with E-state index in [1.54, 1.807) is 0 Å². The molecule has 0 aromatic carbocycles. The van der Waals surface area contributed by atoms with Crippen LogP contribution in [0.25, 0.3) is 0 Å². The highest BCUT2D eigenvalue weighted by Gasteiger charge is 2.62. The molecule has 10 nitrogen and oxygen atoms in total. The second-order valence-electron chi connectivity index (χ2n) is 9.53. The SMILES string of the molecule is CCN(CC)CC(=O)OC1CC2CCC1(C)C2(C)C.O=C(O)CC(O)(CC(=O)O)C(=O)O. The number of aliphatic carboxylic acids is 3. The van der Waals surface area contributed by atoms with Crippen molar-refractivity contribution < 1.29 is 44.3 Å². The number of aliphatic hydroxyl groups is 1. The van der Waals surface area contributed by atoms with E-state index in [1.165, 1.54) is 12.8 Å². The third-order valence-electron chi connectivity index (χ3n) is 7.52. The van der Waals surface area contributed by atoms with E-state index in [0.717, 1.165) is 25.4 Å². The Morgan fingerprint density at radius 1 is 1.00 bits per heavy atom. The summed E-state index contributed by atoms with van der Waals surface area (Å²) in [7, 11) is 0.